The predicted octanol–water partition coefficient (Wildman–Crippen LogP) is 2.62. The molecule has 1 aliphatic heterocycles. The molecule has 9 nitrogen and oxygen atoms in total. The molecule has 0 unspecified atom stereocenters. The molecule has 2 rings (SSSR count). The maximum Gasteiger partial charge on any atom is 0.286 e. The third kappa shape index (κ3) is 5.57. The van der Waals surface area contributed by atoms with Gasteiger partial charge in [0.15, 0.2) is 11.5 Å². The summed E-state index contributed by atoms with van der Waals surface area (Å²) in [6, 6.07) is 2.58. The topological polar surface area (TPSA) is 103 Å². The Bertz CT molecular complexity index is 742. The van der Waals surface area contributed by atoms with Gasteiger partial charge < -0.3 is 19.5 Å². The van der Waals surface area contributed by atoms with Crippen molar-refractivity contribution in [1.29, 1.82) is 0 Å². The molecule has 1 saturated heterocycles. The first kappa shape index (κ1) is 22.9. The standard InChI is InChI=1S/C20H31N3O6/c1-7-28-18-9-16(23(25)26)15(8-17(18)27-6)19(24)21-12-20(4,5)22-10-13(2)29-14(3)11-22/h8-9,13-14H,7,10-12H2,1-6H3,(H,21,24)/t13-,14-/m1/s1. The molecule has 29 heavy (non-hydrogen) atoms. The lowest BCUT2D eigenvalue weighted by Crippen LogP contribution is -2.58. The Kier molecular flexibility index (Phi) is 7.43. The summed E-state index contributed by atoms with van der Waals surface area (Å²) >= 11 is 0. The Morgan fingerprint density at radius 2 is 1.93 bits per heavy atom. The Morgan fingerprint density at radius 1 is 1.31 bits per heavy atom. The molecule has 1 aromatic rings. The van der Waals surface area contributed by atoms with E-state index in [1.54, 1.807) is 6.92 Å². The zero-order valence-electron chi connectivity index (χ0n) is 18.0. The lowest BCUT2D eigenvalue weighted by atomic mass is 9.99. The van der Waals surface area contributed by atoms with Gasteiger partial charge in [0, 0.05) is 31.2 Å². The number of nitrogens with zero attached hydrogens (tertiary/aromatic N) is 2. The maximum atomic E-state index is 12.8. The number of ether oxygens (including phenoxy) is 3. The molecule has 0 bridgehead atoms. The third-order valence-electron chi connectivity index (χ3n) is 4.98. The van der Waals surface area contributed by atoms with Crippen LogP contribution >= 0.6 is 0 Å². The summed E-state index contributed by atoms with van der Waals surface area (Å²) in [4.78, 5) is 26.0. The molecule has 0 saturated carbocycles. The van der Waals surface area contributed by atoms with Crippen molar-refractivity contribution < 1.29 is 23.9 Å². The maximum absolute atomic E-state index is 12.8. The van der Waals surface area contributed by atoms with Crippen LogP contribution in [-0.4, -0.2) is 66.8 Å². The van der Waals surface area contributed by atoms with Gasteiger partial charge in [-0.1, -0.05) is 0 Å². The van der Waals surface area contributed by atoms with Crippen molar-refractivity contribution >= 4 is 11.6 Å². The first-order chi connectivity index (χ1) is 13.6. The quantitative estimate of drug-likeness (QED) is 0.520. The van der Waals surface area contributed by atoms with E-state index >= 15 is 0 Å². The second-order valence-corrected chi connectivity index (χ2v) is 7.87. The van der Waals surface area contributed by atoms with Crippen molar-refractivity contribution in [2.75, 3.05) is 33.4 Å². The van der Waals surface area contributed by atoms with E-state index in [9.17, 15) is 14.9 Å². The van der Waals surface area contributed by atoms with Crippen molar-refractivity contribution in [3.05, 3.63) is 27.8 Å². The molecule has 162 valence electrons. The third-order valence-corrected chi connectivity index (χ3v) is 4.98. The Morgan fingerprint density at radius 3 is 2.45 bits per heavy atom. The zero-order valence-corrected chi connectivity index (χ0v) is 18.0. The molecular weight excluding hydrogens is 378 g/mol. The highest BCUT2D eigenvalue weighted by molar-refractivity contribution is 5.99. The van der Waals surface area contributed by atoms with Gasteiger partial charge >= 0.3 is 0 Å². The number of rotatable bonds is 8. The van der Waals surface area contributed by atoms with Gasteiger partial charge in [0.2, 0.25) is 0 Å². The first-order valence-electron chi connectivity index (χ1n) is 9.77. The second kappa shape index (κ2) is 9.41. The highest BCUT2D eigenvalue weighted by atomic mass is 16.6. The van der Waals surface area contributed by atoms with Gasteiger partial charge in [-0.2, -0.15) is 0 Å². The molecule has 0 aromatic heterocycles. The minimum Gasteiger partial charge on any atom is -0.493 e. The number of morpholine rings is 1. The number of carbonyl (C=O) groups is 1. The zero-order chi connectivity index (χ0) is 21.8. The van der Waals surface area contributed by atoms with Gasteiger partial charge in [0.25, 0.3) is 11.6 Å². The number of nitro groups is 1. The smallest absolute Gasteiger partial charge is 0.286 e. The van der Waals surface area contributed by atoms with Crippen molar-refractivity contribution in [2.24, 2.45) is 0 Å². The van der Waals surface area contributed by atoms with Gasteiger partial charge in [0.1, 0.15) is 5.56 Å². The minimum absolute atomic E-state index is 0.0604. The van der Waals surface area contributed by atoms with E-state index in [0.29, 0.717) is 13.2 Å². The fourth-order valence-corrected chi connectivity index (χ4v) is 3.49. The average Bonchev–Trinajstić information content (AvgIpc) is 2.65. The van der Waals surface area contributed by atoms with Gasteiger partial charge in [-0.25, -0.2) is 0 Å². The SMILES string of the molecule is CCOc1cc([N+](=O)[O-])c(C(=O)NCC(C)(C)N2C[C@@H](C)O[C@H](C)C2)cc1OC. The number of hydrogen-bond donors (Lipinski definition) is 1. The first-order valence-corrected chi connectivity index (χ1v) is 9.77. The Hall–Kier alpha value is -2.39. The van der Waals surface area contributed by atoms with E-state index < -0.39 is 10.8 Å². The van der Waals surface area contributed by atoms with Crippen molar-refractivity contribution in [1.82, 2.24) is 10.2 Å². The van der Waals surface area contributed by atoms with Crippen molar-refractivity contribution in [2.45, 2.75) is 52.4 Å². The summed E-state index contributed by atoms with van der Waals surface area (Å²) in [7, 11) is 1.43. The predicted molar refractivity (Wildman–Crippen MR) is 109 cm³/mol. The Balaban J connectivity index is 2.20. The van der Waals surface area contributed by atoms with Crippen LogP contribution in [0.1, 0.15) is 45.0 Å². The largest absolute Gasteiger partial charge is 0.493 e. The van der Waals surface area contributed by atoms with E-state index in [1.807, 2.05) is 27.7 Å². The number of methoxy groups -OCH3 is 1. The van der Waals surface area contributed by atoms with E-state index in [4.69, 9.17) is 14.2 Å². The summed E-state index contributed by atoms with van der Waals surface area (Å²) in [5.74, 6) is -0.0203. The summed E-state index contributed by atoms with van der Waals surface area (Å²) in [6.07, 6.45) is 0.204. The van der Waals surface area contributed by atoms with Crippen LogP contribution in [0.25, 0.3) is 0 Å². The van der Waals surface area contributed by atoms with Crippen LogP contribution in [0.5, 0.6) is 11.5 Å². The average molecular weight is 409 g/mol. The molecule has 2 atom stereocenters. The van der Waals surface area contributed by atoms with E-state index in [-0.39, 0.29) is 40.5 Å². The molecule has 1 amide bonds. The fraction of sp³-hybridized carbons (Fsp3) is 0.650. The van der Waals surface area contributed by atoms with Gasteiger partial charge in [-0.15, -0.1) is 0 Å². The number of nitrogens with one attached hydrogen (secondary N) is 1. The highest BCUT2D eigenvalue weighted by Crippen LogP contribution is 2.35. The number of carbonyl (C=O) groups excluding carboxylic acids is 1. The fourth-order valence-electron chi connectivity index (χ4n) is 3.49. The molecule has 1 aromatic carbocycles. The number of amides is 1. The van der Waals surface area contributed by atoms with Gasteiger partial charge in [-0.05, 0) is 34.6 Å². The lowest BCUT2D eigenvalue weighted by Gasteiger charge is -2.45. The molecule has 0 spiro atoms. The van der Waals surface area contributed by atoms with Crippen LogP contribution < -0.4 is 14.8 Å². The van der Waals surface area contributed by atoms with Gasteiger partial charge in [0.05, 0.1) is 36.9 Å². The molecule has 1 fully saturated rings. The molecule has 0 aliphatic carbocycles. The van der Waals surface area contributed by atoms with E-state index in [1.165, 1.54) is 19.2 Å². The Labute approximate surface area is 171 Å². The molecule has 1 heterocycles. The van der Waals surface area contributed by atoms with Crippen LogP contribution in [0.2, 0.25) is 0 Å². The van der Waals surface area contributed by atoms with E-state index in [0.717, 1.165) is 13.1 Å². The molecule has 0 radical (unpaired) electrons. The van der Waals surface area contributed by atoms with Crippen LogP contribution in [-0.2, 0) is 4.74 Å². The normalized spacial score (nSPS) is 20.2. The van der Waals surface area contributed by atoms with Gasteiger partial charge in [-0.3, -0.25) is 19.8 Å². The monoisotopic (exact) mass is 409 g/mol. The van der Waals surface area contributed by atoms with E-state index in [2.05, 4.69) is 10.2 Å². The molecule has 9 heteroatoms. The van der Waals surface area contributed by atoms with Crippen molar-refractivity contribution in [3.63, 3.8) is 0 Å². The summed E-state index contributed by atoms with van der Waals surface area (Å²) < 4.78 is 16.4. The molecule has 1 aliphatic rings. The lowest BCUT2D eigenvalue weighted by molar-refractivity contribution is -0.385. The highest BCUT2D eigenvalue weighted by Gasteiger charge is 2.34. The van der Waals surface area contributed by atoms with Crippen LogP contribution in [0, 0.1) is 10.1 Å². The summed E-state index contributed by atoms with van der Waals surface area (Å²) in [5.41, 5.74) is -0.723. The second-order valence-electron chi connectivity index (χ2n) is 7.87. The van der Waals surface area contributed by atoms with Crippen LogP contribution in [0.4, 0.5) is 5.69 Å². The summed E-state index contributed by atoms with van der Waals surface area (Å²) in [6.45, 7) is 12.0. The number of hydrogen-bond acceptors (Lipinski definition) is 7. The number of benzene rings is 1. The molecule has 1 N–H and O–H groups in total. The minimum atomic E-state index is -0.590. The van der Waals surface area contributed by atoms with Crippen LogP contribution in [0.15, 0.2) is 12.1 Å². The van der Waals surface area contributed by atoms with Crippen LogP contribution in [0.3, 0.4) is 0 Å². The van der Waals surface area contributed by atoms with Crippen molar-refractivity contribution in [3.8, 4) is 11.5 Å². The summed E-state index contributed by atoms with van der Waals surface area (Å²) in [5, 5.41) is 14.4. The number of nitro benzene ring substituents is 1. The molecular formula is C20H31N3O6.